The molecule has 0 aromatic heterocycles. The molecule has 1 aromatic rings. The van der Waals surface area contributed by atoms with Crippen molar-refractivity contribution in [2.24, 2.45) is 0 Å². The molecule has 0 heterocycles. The number of carbonyl (C=O) groups excluding carboxylic acids is 1. The van der Waals surface area contributed by atoms with E-state index in [4.69, 9.17) is 0 Å². The maximum absolute atomic E-state index is 12.3. The van der Waals surface area contributed by atoms with Crippen LogP contribution in [0.1, 0.15) is 41.6 Å². The zero-order valence-corrected chi connectivity index (χ0v) is 12.5. The van der Waals surface area contributed by atoms with Crippen molar-refractivity contribution in [1.29, 1.82) is 0 Å². The van der Waals surface area contributed by atoms with E-state index in [9.17, 15) is 13.2 Å². The molecule has 5 nitrogen and oxygen atoms in total. The molecule has 0 amide bonds. The molecule has 1 saturated carbocycles. The minimum atomic E-state index is -3.58. The molecule has 1 aromatic carbocycles. The number of sulfonamides is 1. The van der Waals surface area contributed by atoms with Crippen LogP contribution < -0.4 is 4.72 Å². The lowest BCUT2D eigenvalue weighted by molar-refractivity contribution is 0.0599. The van der Waals surface area contributed by atoms with Gasteiger partial charge in [-0.25, -0.2) is 17.9 Å². The van der Waals surface area contributed by atoms with Crippen LogP contribution in [-0.4, -0.2) is 27.5 Å². The normalized spacial score (nSPS) is 16.3. The minimum absolute atomic E-state index is 0.00267. The third-order valence-electron chi connectivity index (χ3n) is 3.60. The van der Waals surface area contributed by atoms with E-state index in [1.54, 1.807) is 13.0 Å². The summed E-state index contributed by atoms with van der Waals surface area (Å²) >= 11 is 0. The molecule has 0 unspecified atom stereocenters. The second-order valence-corrected chi connectivity index (χ2v) is 6.78. The van der Waals surface area contributed by atoms with Gasteiger partial charge in [-0.3, -0.25) is 0 Å². The molecule has 0 radical (unpaired) electrons. The SMILES string of the molecule is COC(=O)c1cc(S(=O)(=O)NC2CCCC2)ccc1C. The molecule has 2 rings (SSSR count). The number of aryl methyl sites for hydroxylation is 1. The number of carbonyl (C=O) groups is 1. The summed E-state index contributed by atoms with van der Waals surface area (Å²) < 4.78 is 32.0. The Morgan fingerprint density at radius 1 is 1.30 bits per heavy atom. The summed E-state index contributed by atoms with van der Waals surface area (Å²) in [7, 11) is -2.30. The first-order valence-corrected chi connectivity index (χ1v) is 8.13. The highest BCUT2D eigenvalue weighted by Gasteiger charge is 2.24. The van der Waals surface area contributed by atoms with Crippen molar-refractivity contribution < 1.29 is 17.9 Å². The Morgan fingerprint density at radius 3 is 2.55 bits per heavy atom. The van der Waals surface area contributed by atoms with Crippen LogP contribution in [0.15, 0.2) is 23.1 Å². The number of nitrogens with one attached hydrogen (secondary N) is 1. The molecule has 0 aliphatic heterocycles. The van der Waals surface area contributed by atoms with Crippen LogP contribution in [0.5, 0.6) is 0 Å². The number of hydrogen-bond acceptors (Lipinski definition) is 4. The van der Waals surface area contributed by atoms with Crippen LogP contribution in [0.25, 0.3) is 0 Å². The van der Waals surface area contributed by atoms with Crippen molar-refractivity contribution >= 4 is 16.0 Å². The Labute approximate surface area is 119 Å². The third kappa shape index (κ3) is 3.19. The van der Waals surface area contributed by atoms with Gasteiger partial charge in [0.15, 0.2) is 0 Å². The zero-order chi connectivity index (χ0) is 14.8. The lowest BCUT2D eigenvalue weighted by Gasteiger charge is -2.13. The van der Waals surface area contributed by atoms with E-state index in [1.165, 1.54) is 19.2 Å². The van der Waals surface area contributed by atoms with Gasteiger partial charge < -0.3 is 4.74 Å². The van der Waals surface area contributed by atoms with Gasteiger partial charge in [0.2, 0.25) is 10.0 Å². The Kier molecular flexibility index (Phi) is 4.45. The van der Waals surface area contributed by atoms with Gasteiger partial charge in [0.1, 0.15) is 0 Å². The Morgan fingerprint density at radius 2 is 1.95 bits per heavy atom. The molecule has 1 aliphatic rings. The fraction of sp³-hybridized carbons (Fsp3) is 0.500. The summed E-state index contributed by atoms with van der Waals surface area (Å²) in [5, 5.41) is 0. The highest BCUT2D eigenvalue weighted by Crippen LogP contribution is 2.22. The van der Waals surface area contributed by atoms with Crippen LogP contribution in [0.3, 0.4) is 0 Å². The first-order chi connectivity index (χ1) is 9.44. The van der Waals surface area contributed by atoms with Crippen molar-refractivity contribution in [2.75, 3.05) is 7.11 Å². The summed E-state index contributed by atoms with van der Waals surface area (Å²) in [6.07, 6.45) is 3.84. The average molecular weight is 297 g/mol. The Bertz CT molecular complexity index is 604. The summed E-state index contributed by atoms with van der Waals surface area (Å²) in [4.78, 5) is 11.7. The van der Waals surface area contributed by atoms with Gasteiger partial charge in [0.05, 0.1) is 17.6 Å². The predicted molar refractivity (Wildman–Crippen MR) is 75.1 cm³/mol. The molecule has 0 saturated heterocycles. The van der Waals surface area contributed by atoms with Crippen molar-refractivity contribution in [1.82, 2.24) is 4.72 Å². The molecule has 110 valence electrons. The maximum Gasteiger partial charge on any atom is 0.338 e. The van der Waals surface area contributed by atoms with E-state index in [2.05, 4.69) is 9.46 Å². The number of hydrogen-bond donors (Lipinski definition) is 1. The van der Waals surface area contributed by atoms with Gasteiger partial charge in [0.25, 0.3) is 0 Å². The maximum atomic E-state index is 12.3. The number of ether oxygens (including phenoxy) is 1. The lowest BCUT2D eigenvalue weighted by Crippen LogP contribution is -2.32. The Balaban J connectivity index is 2.29. The van der Waals surface area contributed by atoms with Crippen molar-refractivity contribution in [2.45, 2.75) is 43.5 Å². The van der Waals surface area contributed by atoms with Crippen molar-refractivity contribution in [3.8, 4) is 0 Å². The monoisotopic (exact) mass is 297 g/mol. The molecule has 0 spiro atoms. The second kappa shape index (κ2) is 5.93. The van der Waals surface area contributed by atoms with Crippen LogP contribution in [0, 0.1) is 6.92 Å². The van der Waals surface area contributed by atoms with Gasteiger partial charge >= 0.3 is 5.97 Å². The van der Waals surface area contributed by atoms with Crippen LogP contribution in [0.4, 0.5) is 0 Å². The van der Waals surface area contributed by atoms with Gasteiger partial charge in [-0.05, 0) is 37.5 Å². The van der Waals surface area contributed by atoms with Crippen LogP contribution in [-0.2, 0) is 14.8 Å². The standard InChI is InChI=1S/C14H19NO4S/c1-10-7-8-12(9-13(10)14(16)19-2)20(17,18)15-11-5-3-4-6-11/h7-9,11,15H,3-6H2,1-2H3. The van der Waals surface area contributed by atoms with E-state index >= 15 is 0 Å². The molecule has 0 atom stereocenters. The number of rotatable bonds is 4. The van der Waals surface area contributed by atoms with E-state index in [0.29, 0.717) is 5.56 Å². The second-order valence-electron chi connectivity index (χ2n) is 5.07. The number of methoxy groups -OCH3 is 1. The fourth-order valence-corrected chi connectivity index (χ4v) is 3.76. The molecule has 1 N–H and O–H groups in total. The zero-order valence-electron chi connectivity index (χ0n) is 11.7. The Hall–Kier alpha value is -1.40. The minimum Gasteiger partial charge on any atom is -0.465 e. The number of esters is 1. The van der Waals surface area contributed by atoms with E-state index in [0.717, 1.165) is 25.7 Å². The molecule has 1 aliphatic carbocycles. The van der Waals surface area contributed by atoms with E-state index in [1.807, 2.05) is 0 Å². The average Bonchev–Trinajstić information content (AvgIpc) is 2.90. The molecule has 0 bridgehead atoms. The van der Waals surface area contributed by atoms with E-state index in [-0.39, 0.29) is 16.5 Å². The quantitative estimate of drug-likeness (QED) is 0.863. The summed E-state index contributed by atoms with van der Waals surface area (Å²) in [5.74, 6) is -0.527. The smallest absolute Gasteiger partial charge is 0.338 e. The summed E-state index contributed by atoms with van der Waals surface area (Å²) in [5.41, 5.74) is 0.971. The molecule has 6 heteroatoms. The largest absolute Gasteiger partial charge is 0.465 e. The molecule has 20 heavy (non-hydrogen) atoms. The van der Waals surface area contributed by atoms with Gasteiger partial charge in [-0.1, -0.05) is 18.9 Å². The highest BCUT2D eigenvalue weighted by atomic mass is 32.2. The van der Waals surface area contributed by atoms with Crippen LogP contribution >= 0.6 is 0 Å². The number of benzene rings is 1. The summed E-state index contributed by atoms with van der Waals surface area (Å²) in [6, 6.07) is 4.51. The topological polar surface area (TPSA) is 72.5 Å². The van der Waals surface area contributed by atoms with Gasteiger partial charge in [-0.2, -0.15) is 0 Å². The first-order valence-electron chi connectivity index (χ1n) is 6.65. The predicted octanol–water partition coefficient (Wildman–Crippen LogP) is 2.00. The first kappa shape index (κ1) is 15.0. The molecule has 1 fully saturated rings. The van der Waals surface area contributed by atoms with Gasteiger partial charge in [0, 0.05) is 6.04 Å². The fourth-order valence-electron chi connectivity index (χ4n) is 2.43. The molecular weight excluding hydrogens is 278 g/mol. The lowest BCUT2D eigenvalue weighted by atomic mass is 10.1. The van der Waals surface area contributed by atoms with Crippen molar-refractivity contribution in [3.63, 3.8) is 0 Å². The van der Waals surface area contributed by atoms with Crippen molar-refractivity contribution in [3.05, 3.63) is 29.3 Å². The summed E-state index contributed by atoms with van der Waals surface area (Å²) in [6.45, 7) is 1.74. The van der Waals surface area contributed by atoms with Gasteiger partial charge in [-0.15, -0.1) is 0 Å². The van der Waals surface area contributed by atoms with E-state index < -0.39 is 16.0 Å². The molecular formula is C14H19NO4S. The van der Waals surface area contributed by atoms with Crippen LogP contribution in [0.2, 0.25) is 0 Å². The third-order valence-corrected chi connectivity index (χ3v) is 5.12. The highest BCUT2D eigenvalue weighted by molar-refractivity contribution is 7.89.